The topological polar surface area (TPSA) is 74.8 Å². The Bertz CT molecular complexity index is 479. The molecule has 0 saturated heterocycles. The van der Waals surface area contributed by atoms with Gasteiger partial charge in [0.2, 0.25) is 5.91 Å². The number of nitrogens with one attached hydrogen (secondary N) is 2. The van der Waals surface area contributed by atoms with Crippen molar-refractivity contribution in [1.29, 1.82) is 0 Å². The normalized spacial score (nSPS) is 18.9. The molecular weight excluding hydrogens is 218 g/mol. The van der Waals surface area contributed by atoms with Crippen LogP contribution in [-0.2, 0) is 17.6 Å². The highest BCUT2D eigenvalue weighted by Crippen LogP contribution is 2.17. The van der Waals surface area contributed by atoms with Crippen LogP contribution in [0.5, 0.6) is 0 Å². The first kappa shape index (κ1) is 11.8. The number of fused-ring (bicyclic) bond motifs is 1. The van der Waals surface area contributed by atoms with E-state index in [1.807, 2.05) is 13.8 Å². The number of H-pyrrole nitrogens is 1. The maximum atomic E-state index is 11.6. The summed E-state index contributed by atoms with van der Waals surface area (Å²) in [5.41, 5.74) is 1.72. The molecule has 0 spiro atoms. The first-order chi connectivity index (χ1) is 8.06. The van der Waals surface area contributed by atoms with Crippen molar-refractivity contribution in [1.82, 2.24) is 15.5 Å². The Morgan fingerprint density at radius 2 is 2.35 bits per heavy atom. The molecule has 1 atom stereocenters. The van der Waals surface area contributed by atoms with E-state index in [1.165, 1.54) is 0 Å². The average molecular weight is 235 g/mol. The van der Waals surface area contributed by atoms with E-state index in [1.54, 1.807) is 6.07 Å². The molecule has 5 heteroatoms. The van der Waals surface area contributed by atoms with Crippen molar-refractivity contribution >= 4 is 5.91 Å². The van der Waals surface area contributed by atoms with Gasteiger partial charge in [-0.2, -0.15) is 5.10 Å². The van der Waals surface area contributed by atoms with Crippen LogP contribution in [0.25, 0.3) is 0 Å². The van der Waals surface area contributed by atoms with Gasteiger partial charge in [-0.05, 0) is 24.8 Å². The fourth-order valence-electron chi connectivity index (χ4n) is 2.03. The van der Waals surface area contributed by atoms with Gasteiger partial charge in [0.25, 0.3) is 5.56 Å². The van der Waals surface area contributed by atoms with Crippen molar-refractivity contribution in [2.45, 2.75) is 39.2 Å². The Balaban J connectivity index is 2.08. The summed E-state index contributed by atoms with van der Waals surface area (Å²) in [6.07, 6.45) is 2.38. The standard InChI is InChI=1S/C12H17N3O2/c1-7(2)12(17)13-9-3-4-10-8(5-9)6-11(16)15-14-10/h6-7,9H,3-5H2,1-2H3,(H,13,17)(H,15,16). The second-order valence-corrected chi connectivity index (χ2v) is 4.81. The second-order valence-electron chi connectivity index (χ2n) is 4.81. The van der Waals surface area contributed by atoms with Gasteiger partial charge in [0.15, 0.2) is 0 Å². The molecule has 0 bridgehead atoms. The van der Waals surface area contributed by atoms with Gasteiger partial charge in [-0.25, -0.2) is 5.10 Å². The highest BCUT2D eigenvalue weighted by atomic mass is 16.2. The molecule has 2 N–H and O–H groups in total. The third kappa shape index (κ3) is 2.72. The largest absolute Gasteiger partial charge is 0.353 e. The zero-order valence-corrected chi connectivity index (χ0v) is 10.1. The number of hydrogen-bond donors (Lipinski definition) is 2. The zero-order valence-electron chi connectivity index (χ0n) is 10.1. The minimum Gasteiger partial charge on any atom is -0.353 e. The minimum absolute atomic E-state index is 0.00584. The molecule has 5 nitrogen and oxygen atoms in total. The molecule has 0 aliphatic heterocycles. The van der Waals surface area contributed by atoms with Gasteiger partial charge in [-0.15, -0.1) is 0 Å². The van der Waals surface area contributed by atoms with Gasteiger partial charge >= 0.3 is 0 Å². The number of rotatable bonds is 2. The molecule has 2 rings (SSSR count). The molecule has 92 valence electrons. The van der Waals surface area contributed by atoms with E-state index in [-0.39, 0.29) is 23.4 Å². The molecule has 1 heterocycles. The van der Waals surface area contributed by atoms with Gasteiger partial charge in [-0.1, -0.05) is 13.8 Å². The van der Waals surface area contributed by atoms with Crippen LogP contribution in [0.15, 0.2) is 10.9 Å². The van der Waals surface area contributed by atoms with Crippen molar-refractivity contribution in [2.24, 2.45) is 5.92 Å². The SMILES string of the molecule is CC(C)C(=O)NC1CCc2n[nH]c(=O)cc2C1. The van der Waals surface area contributed by atoms with Crippen LogP contribution in [0, 0.1) is 5.92 Å². The van der Waals surface area contributed by atoms with E-state index in [4.69, 9.17) is 0 Å². The van der Waals surface area contributed by atoms with Gasteiger partial charge in [0, 0.05) is 18.0 Å². The number of amides is 1. The molecule has 0 saturated carbocycles. The van der Waals surface area contributed by atoms with E-state index in [0.29, 0.717) is 6.42 Å². The second kappa shape index (κ2) is 4.69. The summed E-state index contributed by atoms with van der Waals surface area (Å²) in [6.45, 7) is 3.75. The number of carbonyl (C=O) groups is 1. The maximum Gasteiger partial charge on any atom is 0.264 e. The van der Waals surface area contributed by atoms with Crippen molar-refractivity contribution in [2.75, 3.05) is 0 Å². The summed E-state index contributed by atoms with van der Waals surface area (Å²) >= 11 is 0. The fourth-order valence-corrected chi connectivity index (χ4v) is 2.03. The Hall–Kier alpha value is -1.65. The predicted octanol–water partition coefficient (Wildman–Crippen LogP) is 0.399. The molecule has 0 radical (unpaired) electrons. The summed E-state index contributed by atoms with van der Waals surface area (Å²) in [6, 6.07) is 1.71. The third-order valence-corrected chi connectivity index (χ3v) is 3.04. The first-order valence-electron chi connectivity index (χ1n) is 5.94. The Labute approximate surface area is 99.6 Å². The Kier molecular flexibility index (Phi) is 3.26. The zero-order chi connectivity index (χ0) is 12.4. The van der Waals surface area contributed by atoms with Crippen LogP contribution >= 0.6 is 0 Å². The van der Waals surface area contributed by atoms with Crippen LogP contribution in [0.2, 0.25) is 0 Å². The van der Waals surface area contributed by atoms with Crippen molar-refractivity contribution in [3.63, 3.8) is 0 Å². The number of hydrogen-bond acceptors (Lipinski definition) is 3. The van der Waals surface area contributed by atoms with Gasteiger partial charge < -0.3 is 5.32 Å². The smallest absolute Gasteiger partial charge is 0.264 e. The lowest BCUT2D eigenvalue weighted by Gasteiger charge is -2.25. The van der Waals surface area contributed by atoms with E-state index in [0.717, 1.165) is 24.1 Å². The highest BCUT2D eigenvalue weighted by molar-refractivity contribution is 5.78. The van der Waals surface area contributed by atoms with E-state index < -0.39 is 0 Å². The molecule has 1 aliphatic carbocycles. The average Bonchev–Trinajstić information content (AvgIpc) is 2.28. The number of aromatic nitrogens is 2. The van der Waals surface area contributed by atoms with Gasteiger partial charge in [0.1, 0.15) is 0 Å². The number of nitrogens with zero attached hydrogens (tertiary/aromatic N) is 1. The fraction of sp³-hybridized carbons (Fsp3) is 0.583. The van der Waals surface area contributed by atoms with Gasteiger partial charge in [0.05, 0.1) is 5.69 Å². The number of aryl methyl sites for hydroxylation is 1. The van der Waals surface area contributed by atoms with Crippen molar-refractivity contribution in [3.8, 4) is 0 Å². The Morgan fingerprint density at radius 1 is 1.59 bits per heavy atom. The predicted molar refractivity (Wildman–Crippen MR) is 63.7 cm³/mol. The van der Waals surface area contributed by atoms with Crippen LogP contribution in [0.1, 0.15) is 31.5 Å². The molecule has 0 fully saturated rings. The lowest BCUT2D eigenvalue weighted by molar-refractivity contribution is -0.124. The Morgan fingerprint density at radius 3 is 3.06 bits per heavy atom. The van der Waals surface area contributed by atoms with E-state index >= 15 is 0 Å². The van der Waals surface area contributed by atoms with Gasteiger partial charge in [-0.3, -0.25) is 9.59 Å². The minimum atomic E-state index is -0.181. The van der Waals surface area contributed by atoms with E-state index in [2.05, 4.69) is 15.5 Å². The summed E-state index contributed by atoms with van der Waals surface area (Å²) < 4.78 is 0. The summed E-state index contributed by atoms with van der Waals surface area (Å²) in [5.74, 6) is 0.0601. The monoisotopic (exact) mass is 235 g/mol. The molecule has 1 amide bonds. The molecule has 1 aliphatic rings. The highest BCUT2D eigenvalue weighted by Gasteiger charge is 2.22. The maximum absolute atomic E-state index is 11.6. The summed E-state index contributed by atoms with van der Waals surface area (Å²) in [4.78, 5) is 22.8. The van der Waals surface area contributed by atoms with E-state index in [9.17, 15) is 9.59 Å². The third-order valence-electron chi connectivity index (χ3n) is 3.04. The first-order valence-corrected chi connectivity index (χ1v) is 5.94. The molecular formula is C12H17N3O2. The van der Waals surface area contributed by atoms with Crippen LogP contribution in [0.3, 0.4) is 0 Å². The molecule has 1 aromatic rings. The molecule has 1 aromatic heterocycles. The number of carbonyl (C=O) groups excluding carboxylic acids is 1. The summed E-state index contributed by atoms with van der Waals surface area (Å²) in [5, 5.41) is 9.46. The molecule has 0 aromatic carbocycles. The lowest BCUT2D eigenvalue weighted by Crippen LogP contribution is -2.41. The quantitative estimate of drug-likeness (QED) is 0.779. The number of aromatic amines is 1. The summed E-state index contributed by atoms with van der Waals surface area (Å²) in [7, 11) is 0. The molecule has 17 heavy (non-hydrogen) atoms. The van der Waals surface area contributed by atoms with Crippen molar-refractivity contribution in [3.05, 3.63) is 27.7 Å². The van der Waals surface area contributed by atoms with Crippen molar-refractivity contribution < 1.29 is 4.79 Å². The van der Waals surface area contributed by atoms with Crippen LogP contribution < -0.4 is 10.9 Å². The lowest BCUT2D eigenvalue weighted by atomic mass is 9.92. The van der Waals surface area contributed by atoms with Crippen LogP contribution in [0.4, 0.5) is 0 Å². The molecule has 1 unspecified atom stereocenters. The van der Waals surface area contributed by atoms with Crippen LogP contribution in [-0.4, -0.2) is 22.1 Å².